The van der Waals surface area contributed by atoms with Gasteiger partial charge in [0.05, 0.1) is 13.0 Å². The van der Waals surface area contributed by atoms with Crippen LogP contribution in [0, 0.1) is 5.41 Å². The number of amides is 1. The Morgan fingerprint density at radius 3 is 2.19 bits per heavy atom. The van der Waals surface area contributed by atoms with E-state index in [2.05, 4.69) is 5.32 Å². The summed E-state index contributed by atoms with van der Waals surface area (Å²) in [5.74, 6) is -0.420. The highest BCUT2D eigenvalue weighted by molar-refractivity contribution is 5.81. The van der Waals surface area contributed by atoms with E-state index in [1.807, 2.05) is 34.6 Å². The smallest absolute Gasteiger partial charge is 0.306 e. The predicted molar refractivity (Wildman–Crippen MR) is 62.9 cm³/mol. The number of hydrogen-bond donors (Lipinski definition) is 1. The first-order valence-corrected chi connectivity index (χ1v) is 5.66. The van der Waals surface area contributed by atoms with Crippen molar-refractivity contribution in [2.24, 2.45) is 5.41 Å². The Morgan fingerprint density at radius 1 is 1.19 bits per heavy atom. The summed E-state index contributed by atoms with van der Waals surface area (Å²) in [6.07, 6.45) is 0.343. The van der Waals surface area contributed by atoms with Crippen LogP contribution in [0.15, 0.2) is 0 Å². The molecule has 0 aromatic carbocycles. The first-order chi connectivity index (χ1) is 7.20. The average molecular weight is 229 g/mol. The van der Waals surface area contributed by atoms with Crippen molar-refractivity contribution in [3.63, 3.8) is 0 Å². The van der Waals surface area contributed by atoms with Crippen LogP contribution >= 0.6 is 0 Å². The molecule has 0 bridgehead atoms. The highest BCUT2D eigenvalue weighted by atomic mass is 16.5. The summed E-state index contributed by atoms with van der Waals surface area (Å²) in [6.45, 7) is 10.1. The number of ether oxygens (including phenoxy) is 1. The van der Waals surface area contributed by atoms with E-state index in [4.69, 9.17) is 4.74 Å². The summed E-state index contributed by atoms with van der Waals surface area (Å²) in [6, 6.07) is 0.109. The van der Waals surface area contributed by atoms with E-state index in [1.54, 1.807) is 0 Å². The summed E-state index contributed by atoms with van der Waals surface area (Å²) in [5, 5.41) is 2.72. The fourth-order valence-corrected chi connectivity index (χ4v) is 0.979. The Balaban J connectivity index is 3.70. The second-order valence-electron chi connectivity index (χ2n) is 5.44. The Labute approximate surface area is 97.7 Å². The van der Waals surface area contributed by atoms with Crippen molar-refractivity contribution in [3.05, 3.63) is 0 Å². The van der Waals surface area contributed by atoms with Gasteiger partial charge in [0, 0.05) is 12.5 Å². The SMILES string of the molecule is CC(C)NC(=O)CCC(=O)OCC(C)(C)C. The molecule has 0 saturated heterocycles. The molecule has 0 aromatic heterocycles. The van der Waals surface area contributed by atoms with E-state index >= 15 is 0 Å². The number of hydrogen-bond acceptors (Lipinski definition) is 3. The zero-order chi connectivity index (χ0) is 12.8. The van der Waals surface area contributed by atoms with Gasteiger partial charge in [0.2, 0.25) is 5.91 Å². The molecule has 0 aliphatic heterocycles. The normalized spacial score (nSPS) is 11.4. The number of carbonyl (C=O) groups excluding carboxylic acids is 2. The maximum absolute atomic E-state index is 11.3. The highest BCUT2D eigenvalue weighted by Gasteiger charge is 2.14. The Morgan fingerprint density at radius 2 is 1.75 bits per heavy atom. The lowest BCUT2D eigenvalue weighted by atomic mass is 9.99. The van der Waals surface area contributed by atoms with Crippen molar-refractivity contribution < 1.29 is 14.3 Å². The van der Waals surface area contributed by atoms with Crippen molar-refractivity contribution in [2.45, 2.75) is 53.5 Å². The minimum Gasteiger partial charge on any atom is -0.465 e. The lowest BCUT2D eigenvalue weighted by molar-refractivity contribution is -0.147. The molecular formula is C12H23NO3. The van der Waals surface area contributed by atoms with Crippen LogP contribution in [-0.4, -0.2) is 24.5 Å². The predicted octanol–water partition coefficient (Wildman–Crippen LogP) is 1.88. The van der Waals surface area contributed by atoms with Crippen LogP contribution in [0.1, 0.15) is 47.5 Å². The number of nitrogens with one attached hydrogen (secondary N) is 1. The summed E-state index contributed by atoms with van der Waals surface area (Å²) < 4.78 is 5.04. The minimum atomic E-state index is -0.311. The fourth-order valence-electron chi connectivity index (χ4n) is 0.979. The molecule has 4 heteroatoms. The third kappa shape index (κ3) is 9.49. The summed E-state index contributed by atoms with van der Waals surface area (Å²) in [5.41, 5.74) is -0.0319. The van der Waals surface area contributed by atoms with Crippen molar-refractivity contribution in [2.75, 3.05) is 6.61 Å². The summed E-state index contributed by atoms with van der Waals surface area (Å²) >= 11 is 0. The number of rotatable bonds is 5. The van der Waals surface area contributed by atoms with Gasteiger partial charge in [-0.25, -0.2) is 0 Å². The zero-order valence-electron chi connectivity index (χ0n) is 10.9. The van der Waals surface area contributed by atoms with Crippen molar-refractivity contribution >= 4 is 11.9 Å². The van der Waals surface area contributed by atoms with Crippen LogP contribution in [0.25, 0.3) is 0 Å². The van der Waals surface area contributed by atoms with Gasteiger partial charge in [-0.05, 0) is 19.3 Å². The van der Waals surface area contributed by atoms with E-state index in [1.165, 1.54) is 0 Å². The minimum absolute atomic E-state index is 0.0319. The first kappa shape index (κ1) is 14.9. The van der Waals surface area contributed by atoms with Crippen LogP contribution in [0.5, 0.6) is 0 Å². The quantitative estimate of drug-likeness (QED) is 0.732. The van der Waals surface area contributed by atoms with Gasteiger partial charge in [-0.2, -0.15) is 0 Å². The Hall–Kier alpha value is -1.06. The van der Waals surface area contributed by atoms with E-state index < -0.39 is 0 Å². The molecule has 0 radical (unpaired) electrons. The van der Waals surface area contributed by atoms with E-state index in [9.17, 15) is 9.59 Å². The molecule has 1 N–H and O–H groups in total. The van der Waals surface area contributed by atoms with E-state index in [0.717, 1.165) is 0 Å². The lowest BCUT2D eigenvalue weighted by Crippen LogP contribution is -2.30. The van der Waals surface area contributed by atoms with Crippen LogP contribution in [-0.2, 0) is 14.3 Å². The fraction of sp³-hybridized carbons (Fsp3) is 0.833. The van der Waals surface area contributed by atoms with Crippen molar-refractivity contribution in [1.82, 2.24) is 5.32 Å². The van der Waals surface area contributed by atoms with E-state index in [0.29, 0.717) is 6.61 Å². The van der Waals surface area contributed by atoms with Crippen LogP contribution in [0.3, 0.4) is 0 Å². The molecule has 94 valence electrons. The molecule has 1 amide bonds. The van der Waals surface area contributed by atoms with E-state index in [-0.39, 0.29) is 36.2 Å². The molecule has 0 fully saturated rings. The van der Waals surface area contributed by atoms with Crippen LogP contribution < -0.4 is 5.32 Å². The third-order valence-electron chi connectivity index (χ3n) is 1.67. The van der Waals surface area contributed by atoms with Gasteiger partial charge < -0.3 is 10.1 Å². The molecule has 0 aliphatic rings. The summed E-state index contributed by atoms with van der Waals surface area (Å²) in [4.78, 5) is 22.5. The van der Waals surface area contributed by atoms with Crippen molar-refractivity contribution in [1.29, 1.82) is 0 Å². The van der Waals surface area contributed by atoms with Gasteiger partial charge in [0.15, 0.2) is 0 Å². The second kappa shape index (κ2) is 6.51. The Bertz CT molecular complexity index is 241. The molecule has 0 saturated carbocycles. The molecular weight excluding hydrogens is 206 g/mol. The standard InChI is InChI=1S/C12H23NO3/c1-9(2)13-10(14)6-7-11(15)16-8-12(3,4)5/h9H,6-8H2,1-5H3,(H,13,14). The monoisotopic (exact) mass is 229 g/mol. The first-order valence-electron chi connectivity index (χ1n) is 5.66. The molecule has 0 spiro atoms. The van der Waals surface area contributed by atoms with Gasteiger partial charge in [-0.1, -0.05) is 20.8 Å². The number of esters is 1. The maximum Gasteiger partial charge on any atom is 0.306 e. The largest absolute Gasteiger partial charge is 0.465 e. The second-order valence-corrected chi connectivity index (χ2v) is 5.44. The van der Waals surface area contributed by atoms with Gasteiger partial charge in [-0.15, -0.1) is 0 Å². The van der Waals surface area contributed by atoms with Crippen LogP contribution in [0.4, 0.5) is 0 Å². The van der Waals surface area contributed by atoms with Gasteiger partial charge in [0.1, 0.15) is 0 Å². The highest BCUT2D eigenvalue weighted by Crippen LogP contribution is 2.13. The van der Waals surface area contributed by atoms with Crippen LogP contribution in [0.2, 0.25) is 0 Å². The molecule has 0 aliphatic carbocycles. The third-order valence-corrected chi connectivity index (χ3v) is 1.67. The zero-order valence-corrected chi connectivity index (χ0v) is 10.9. The van der Waals surface area contributed by atoms with Gasteiger partial charge in [-0.3, -0.25) is 9.59 Å². The molecule has 0 aromatic rings. The van der Waals surface area contributed by atoms with Crippen molar-refractivity contribution in [3.8, 4) is 0 Å². The molecule has 4 nitrogen and oxygen atoms in total. The number of carbonyl (C=O) groups is 2. The maximum atomic E-state index is 11.3. The topological polar surface area (TPSA) is 55.4 Å². The summed E-state index contributed by atoms with van der Waals surface area (Å²) in [7, 11) is 0. The molecule has 0 atom stereocenters. The average Bonchev–Trinajstić information content (AvgIpc) is 2.09. The van der Waals surface area contributed by atoms with Gasteiger partial charge in [0.25, 0.3) is 0 Å². The molecule has 0 unspecified atom stereocenters. The molecule has 0 rings (SSSR count). The van der Waals surface area contributed by atoms with Gasteiger partial charge >= 0.3 is 5.97 Å². The Kier molecular flexibility index (Phi) is 6.08. The molecule has 16 heavy (non-hydrogen) atoms. The lowest BCUT2D eigenvalue weighted by Gasteiger charge is -2.17. The molecule has 0 heterocycles.